The standard InChI is InChI=1S/C17H18N6O/c18-9-13-2-1-3-14(8-13)22-11-16(20-12-22)23-7-6-21-5-4-19-10-15(21)17(23)24/h1-3,8,11-12,15,19H,4-7,10H2/t15-/m1/s1. The second-order valence-electron chi connectivity index (χ2n) is 6.05. The van der Waals surface area contributed by atoms with Gasteiger partial charge in [0.15, 0.2) is 5.82 Å². The molecule has 1 aromatic carbocycles. The number of carbonyl (C=O) groups excluding carboxylic acids is 1. The van der Waals surface area contributed by atoms with Crippen LogP contribution < -0.4 is 10.2 Å². The number of benzene rings is 1. The van der Waals surface area contributed by atoms with Crippen molar-refractivity contribution in [2.45, 2.75) is 6.04 Å². The molecule has 2 aliphatic rings. The van der Waals surface area contributed by atoms with E-state index in [9.17, 15) is 4.79 Å². The van der Waals surface area contributed by atoms with Crippen LogP contribution >= 0.6 is 0 Å². The molecule has 0 saturated carbocycles. The highest BCUT2D eigenvalue weighted by molar-refractivity contribution is 5.97. The largest absolute Gasteiger partial charge is 0.313 e. The number of aromatic nitrogens is 2. The molecule has 0 spiro atoms. The summed E-state index contributed by atoms with van der Waals surface area (Å²) < 4.78 is 1.84. The number of anilines is 1. The van der Waals surface area contributed by atoms with Gasteiger partial charge in [-0.15, -0.1) is 0 Å². The first-order valence-corrected chi connectivity index (χ1v) is 8.07. The summed E-state index contributed by atoms with van der Waals surface area (Å²) in [6.07, 6.45) is 3.53. The van der Waals surface area contributed by atoms with Gasteiger partial charge in [-0.25, -0.2) is 4.98 Å². The number of fused-ring (bicyclic) bond motifs is 1. The minimum atomic E-state index is -0.0976. The Bertz CT molecular complexity index is 807. The maximum absolute atomic E-state index is 12.8. The predicted octanol–water partition coefficient (Wildman–Crippen LogP) is 0.364. The number of hydrogen-bond acceptors (Lipinski definition) is 5. The Kier molecular flexibility index (Phi) is 3.76. The number of rotatable bonds is 2. The van der Waals surface area contributed by atoms with E-state index in [0.717, 1.165) is 25.3 Å². The molecule has 2 saturated heterocycles. The third kappa shape index (κ3) is 2.56. The van der Waals surface area contributed by atoms with Crippen molar-refractivity contribution >= 4 is 11.7 Å². The number of nitrogens with one attached hydrogen (secondary N) is 1. The molecule has 122 valence electrons. The Hall–Kier alpha value is -2.69. The van der Waals surface area contributed by atoms with Gasteiger partial charge >= 0.3 is 0 Å². The summed E-state index contributed by atoms with van der Waals surface area (Å²) in [4.78, 5) is 21.2. The molecular formula is C17H18N6O. The van der Waals surface area contributed by atoms with Gasteiger partial charge in [-0.2, -0.15) is 5.26 Å². The van der Waals surface area contributed by atoms with E-state index in [-0.39, 0.29) is 11.9 Å². The number of carbonyl (C=O) groups is 1. The lowest BCUT2D eigenvalue weighted by atomic mass is 10.1. The highest BCUT2D eigenvalue weighted by Crippen LogP contribution is 2.21. The van der Waals surface area contributed by atoms with Crippen molar-refractivity contribution in [3.63, 3.8) is 0 Å². The van der Waals surface area contributed by atoms with Crippen molar-refractivity contribution in [2.24, 2.45) is 0 Å². The Labute approximate surface area is 140 Å². The van der Waals surface area contributed by atoms with Crippen molar-refractivity contribution in [3.05, 3.63) is 42.4 Å². The van der Waals surface area contributed by atoms with Gasteiger partial charge in [0, 0.05) is 38.4 Å². The van der Waals surface area contributed by atoms with E-state index in [0.29, 0.717) is 24.5 Å². The van der Waals surface area contributed by atoms with Crippen LogP contribution in [0.25, 0.3) is 5.69 Å². The Morgan fingerprint density at radius 1 is 1.29 bits per heavy atom. The third-order valence-corrected chi connectivity index (χ3v) is 4.64. The van der Waals surface area contributed by atoms with Crippen molar-refractivity contribution in [1.82, 2.24) is 19.8 Å². The molecule has 0 aliphatic carbocycles. The van der Waals surface area contributed by atoms with Gasteiger partial charge in [0.1, 0.15) is 12.4 Å². The Balaban J connectivity index is 1.58. The normalized spacial score (nSPS) is 21.4. The average Bonchev–Trinajstić information content (AvgIpc) is 3.12. The zero-order valence-electron chi connectivity index (χ0n) is 13.2. The van der Waals surface area contributed by atoms with Gasteiger partial charge in [-0.1, -0.05) is 6.07 Å². The molecule has 7 nitrogen and oxygen atoms in total. The highest BCUT2D eigenvalue weighted by atomic mass is 16.2. The number of imidazole rings is 1. The van der Waals surface area contributed by atoms with Crippen LogP contribution in [-0.2, 0) is 4.79 Å². The van der Waals surface area contributed by atoms with Crippen molar-refractivity contribution in [3.8, 4) is 11.8 Å². The minimum absolute atomic E-state index is 0.0976. The zero-order valence-corrected chi connectivity index (χ0v) is 13.2. The maximum atomic E-state index is 12.8. The van der Waals surface area contributed by atoms with Crippen LogP contribution in [0.4, 0.5) is 5.82 Å². The second-order valence-corrected chi connectivity index (χ2v) is 6.05. The van der Waals surface area contributed by atoms with Crippen LogP contribution in [0.15, 0.2) is 36.8 Å². The predicted molar refractivity (Wildman–Crippen MR) is 88.9 cm³/mol. The van der Waals surface area contributed by atoms with Gasteiger partial charge in [0.25, 0.3) is 0 Å². The summed E-state index contributed by atoms with van der Waals surface area (Å²) in [6, 6.07) is 9.36. The van der Waals surface area contributed by atoms with E-state index < -0.39 is 0 Å². The van der Waals surface area contributed by atoms with Crippen molar-refractivity contribution < 1.29 is 4.79 Å². The van der Waals surface area contributed by atoms with Crippen molar-refractivity contribution in [1.29, 1.82) is 5.26 Å². The van der Waals surface area contributed by atoms with Crippen LogP contribution in [0.5, 0.6) is 0 Å². The molecule has 1 N–H and O–H groups in total. The molecule has 1 atom stereocenters. The molecule has 7 heteroatoms. The molecule has 1 aromatic heterocycles. The molecule has 2 fully saturated rings. The summed E-state index contributed by atoms with van der Waals surface area (Å²) in [6.45, 7) is 4.08. The number of nitriles is 1. The second kappa shape index (κ2) is 6.07. The molecule has 4 rings (SSSR count). The van der Waals surface area contributed by atoms with Crippen LogP contribution in [0.1, 0.15) is 5.56 Å². The van der Waals surface area contributed by atoms with Gasteiger partial charge in [0.2, 0.25) is 5.91 Å². The fourth-order valence-corrected chi connectivity index (χ4v) is 3.33. The lowest BCUT2D eigenvalue weighted by molar-refractivity contribution is -0.126. The Morgan fingerprint density at radius 3 is 3.08 bits per heavy atom. The fourth-order valence-electron chi connectivity index (χ4n) is 3.33. The lowest BCUT2D eigenvalue weighted by Gasteiger charge is -2.42. The van der Waals surface area contributed by atoms with Crippen LogP contribution in [0.3, 0.4) is 0 Å². The fraction of sp³-hybridized carbons (Fsp3) is 0.353. The van der Waals surface area contributed by atoms with E-state index >= 15 is 0 Å². The topological polar surface area (TPSA) is 77.2 Å². The van der Waals surface area contributed by atoms with Gasteiger partial charge < -0.3 is 9.88 Å². The summed E-state index contributed by atoms with van der Waals surface area (Å²) >= 11 is 0. The molecule has 0 unspecified atom stereocenters. The molecule has 2 aromatic rings. The quantitative estimate of drug-likeness (QED) is 0.864. The molecule has 24 heavy (non-hydrogen) atoms. The molecule has 1 amide bonds. The van der Waals surface area contributed by atoms with Gasteiger partial charge in [-0.05, 0) is 18.2 Å². The summed E-state index contributed by atoms with van der Waals surface area (Å²) in [5.41, 5.74) is 1.46. The number of amides is 1. The van der Waals surface area contributed by atoms with E-state index in [1.54, 1.807) is 23.4 Å². The van der Waals surface area contributed by atoms with E-state index in [2.05, 4.69) is 21.3 Å². The van der Waals surface area contributed by atoms with Gasteiger partial charge in [0.05, 0.1) is 17.8 Å². The molecule has 0 radical (unpaired) electrons. The molecule has 0 bridgehead atoms. The lowest BCUT2D eigenvalue weighted by Crippen LogP contribution is -2.64. The van der Waals surface area contributed by atoms with Crippen LogP contribution in [-0.4, -0.2) is 59.1 Å². The average molecular weight is 322 g/mol. The highest BCUT2D eigenvalue weighted by Gasteiger charge is 2.37. The summed E-state index contributed by atoms with van der Waals surface area (Å²) in [5.74, 6) is 0.761. The van der Waals surface area contributed by atoms with E-state index in [1.165, 1.54) is 0 Å². The van der Waals surface area contributed by atoms with Crippen LogP contribution in [0, 0.1) is 11.3 Å². The first kappa shape index (κ1) is 14.9. The van der Waals surface area contributed by atoms with E-state index in [1.807, 2.05) is 22.9 Å². The van der Waals surface area contributed by atoms with E-state index in [4.69, 9.17) is 5.26 Å². The molecule has 3 heterocycles. The van der Waals surface area contributed by atoms with Gasteiger partial charge in [-0.3, -0.25) is 14.6 Å². The smallest absolute Gasteiger partial charge is 0.246 e. The number of hydrogen-bond donors (Lipinski definition) is 1. The first-order chi connectivity index (χ1) is 11.8. The SMILES string of the molecule is N#Cc1cccc(-n2cnc(N3CCN4CCNC[C@@H]4C3=O)c2)c1. The summed E-state index contributed by atoms with van der Waals surface area (Å²) in [5, 5.41) is 12.3. The molecule has 2 aliphatic heterocycles. The maximum Gasteiger partial charge on any atom is 0.246 e. The monoisotopic (exact) mass is 322 g/mol. The molecular weight excluding hydrogens is 304 g/mol. The minimum Gasteiger partial charge on any atom is -0.313 e. The first-order valence-electron chi connectivity index (χ1n) is 8.07. The Morgan fingerprint density at radius 2 is 2.21 bits per heavy atom. The van der Waals surface area contributed by atoms with Crippen LogP contribution in [0.2, 0.25) is 0 Å². The number of piperazine rings is 2. The third-order valence-electron chi connectivity index (χ3n) is 4.64. The number of nitrogens with zero attached hydrogens (tertiary/aromatic N) is 5. The summed E-state index contributed by atoms with van der Waals surface area (Å²) in [7, 11) is 0. The van der Waals surface area contributed by atoms with Crippen molar-refractivity contribution in [2.75, 3.05) is 37.6 Å². The zero-order chi connectivity index (χ0) is 16.5.